The maximum absolute atomic E-state index is 13.7. The fourth-order valence-corrected chi connectivity index (χ4v) is 4.35. The molecule has 3 aromatic rings. The third kappa shape index (κ3) is 3.55. The van der Waals surface area contributed by atoms with Gasteiger partial charge >= 0.3 is 5.97 Å². The highest BCUT2D eigenvalue weighted by Gasteiger charge is 2.35. The van der Waals surface area contributed by atoms with Crippen LogP contribution in [0.2, 0.25) is 5.02 Å². The first-order chi connectivity index (χ1) is 15.2. The van der Waals surface area contributed by atoms with Gasteiger partial charge in [-0.2, -0.15) is 0 Å². The summed E-state index contributed by atoms with van der Waals surface area (Å²) in [5, 5.41) is 20.0. The third-order valence-corrected chi connectivity index (χ3v) is 5.99. The number of carbonyl (C=O) groups excluding carboxylic acids is 1. The van der Waals surface area contributed by atoms with E-state index in [9.17, 15) is 19.8 Å². The van der Waals surface area contributed by atoms with Crippen LogP contribution >= 0.6 is 11.6 Å². The van der Waals surface area contributed by atoms with Crippen molar-refractivity contribution in [1.82, 2.24) is 0 Å². The Morgan fingerprint density at radius 1 is 1.09 bits per heavy atom. The molecule has 0 saturated carbocycles. The summed E-state index contributed by atoms with van der Waals surface area (Å²) in [6.07, 6.45) is 1.83. The molecule has 0 aliphatic carbocycles. The van der Waals surface area contributed by atoms with E-state index in [0.717, 1.165) is 22.3 Å². The number of carbonyl (C=O) groups is 2. The van der Waals surface area contributed by atoms with Gasteiger partial charge in [-0.25, -0.2) is 4.79 Å². The van der Waals surface area contributed by atoms with Crippen molar-refractivity contribution >= 4 is 46.5 Å². The van der Waals surface area contributed by atoms with Crippen molar-refractivity contribution < 1.29 is 19.8 Å². The molecule has 3 aromatic carbocycles. The van der Waals surface area contributed by atoms with Crippen LogP contribution in [0.5, 0.6) is 5.75 Å². The number of aryl methyl sites for hydroxylation is 1. The minimum Gasteiger partial charge on any atom is -0.507 e. The van der Waals surface area contributed by atoms with E-state index in [1.54, 1.807) is 6.07 Å². The van der Waals surface area contributed by atoms with Gasteiger partial charge in [-0.3, -0.25) is 9.69 Å². The van der Waals surface area contributed by atoms with Crippen molar-refractivity contribution in [2.75, 3.05) is 4.90 Å². The lowest BCUT2D eigenvalue weighted by Gasteiger charge is -2.18. The molecular weight excluding hydrogens is 426 g/mol. The van der Waals surface area contributed by atoms with E-state index < -0.39 is 11.7 Å². The number of aromatic hydroxyl groups is 1. The largest absolute Gasteiger partial charge is 0.507 e. The quantitative estimate of drug-likeness (QED) is 0.454. The molecule has 2 N–H and O–H groups in total. The second-order valence-electron chi connectivity index (χ2n) is 8.07. The number of carboxylic acids is 1. The van der Waals surface area contributed by atoms with E-state index in [0.29, 0.717) is 22.0 Å². The molecule has 32 heavy (non-hydrogen) atoms. The Morgan fingerprint density at radius 2 is 1.81 bits per heavy atom. The molecule has 1 aliphatic rings. The number of nitrogens with zero attached hydrogens (tertiary/aromatic N) is 1. The number of carboxylic acid groups (broad SMARTS) is 1. The maximum atomic E-state index is 13.7. The van der Waals surface area contributed by atoms with Crippen molar-refractivity contribution in [1.29, 1.82) is 0 Å². The highest BCUT2D eigenvalue weighted by molar-refractivity contribution is 6.39. The van der Waals surface area contributed by atoms with Crippen LogP contribution in [0.15, 0.2) is 54.6 Å². The predicted molar refractivity (Wildman–Crippen MR) is 127 cm³/mol. The number of hydrogen-bond acceptors (Lipinski definition) is 3. The molecule has 0 spiro atoms. The van der Waals surface area contributed by atoms with Crippen molar-refractivity contribution in [2.24, 2.45) is 0 Å². The van der Waals surface area contributed by atoms with Gasteiger partial charge in [0.2, 0.25) is 0 Å². The Kier molecular flexibility index (Phi) is 5.53. The number of phenols is 1. The van der Waals surface area contributed by atoms with Crippen LogP contribution in [0.25, 0.3) is 11.6 Å². The van der Waals surface area contributed by atoms with Gasteiger partial charge in [-0.05, 0) is 59.9 Å². The number of benzene rings is 3. The molecule has 162 valence electrons. The van der Waals surface area contributed by atoms with Gasteiger partial charge in [-0.1, -0.05) is 49.7 Å². The van der Waals surface area contributed by atoms with Crippen molar-refractivity contribution in [3.8, 4) is 5.75 Å². The Morgan fingerprint density at radius 3 is 2.47 bits per heavy atom. The first-order valence-corrected chi connectivity index (χ1v) is 10.6. The van der Waals surface area contributed by atoms with Crippen LogP contribution in [0.1, 0.15) is 52.4 Å². The minimum absolute atomic E-state index is 0.213. The molecule has 0 aromatic heterocycles. The lowest BCUT2D eigenvalue weighted by atomic mass is 9.93. The van der Waals surface area contributed by atoms with Gasteiger partial charge < -0.3 is 10.2 Å². The molecule has 0 atom stereocenters. The Hall–Kier alpha value is -3.57. The van der Waals surface area contributed by atoms with Crippen molar-refractivity contribution in [2.45, 2.75) is 26.7 Å². The van der Waals surface area contributed by atoms with Crippen LogP contribution in [0.3, 0.4) is 0 Å². The van der Waals surface area contributed by atoms with Crippen LogP contribution < -0.4 is 4.90 Å². The summed E-state index contributed by atoms with van der Waals surface area (Å²) < 4.78 is 0. The number of halogens is 1. The van der Waals surface area contributed by atoms with Crippen LogP contribution in [-0.2, 0) is 4.79 Å². The molecule has 5 nitrogen and oxygen atoms in total. The lowest BCUT2D eigenvalue weighted by Crippen LogP contribution is -2.20. The number of fused-ring (bicyclic) bond motifs is 1. The number of aromatic carboxylic acids is 1. The summed E-state index contributed by atoms with van der Waals surface area (Å²) in [7, 11) is 0. The fourth-order valence-electron chi connectivity index (χ4n) is 4.11. The van der Waals surface area contributed by atoms with E-state index in [4.69, 9.17) is 11.6 Å². The average Bonchev–Trinajstić information content (AvgIpc) is 3.01. The van der Waals surface area contributed by atoms with Gasteiger partial charge in [-0.15, -0.1) is 0 Å². The van der Waals surface area contributed by atoms with Crippen LogP contribution in [-0.4, -0.2) is 22.1 Å². The summed E-state index contributed by atoms with van der Waals surface area (Å²) in [5.41, 5.74) is 4.87. The molecule has 6 heteroatoms. The summed E-state index contributed by atoms with van der Waals surface area (Å²) in [5.74, 6) is -1.70. The molecule has 0 radical (unpaired) electrons. The van der Waals surface area contributed by atoms with Crippen molar-refractivity contribution in [3.05, 3.63) is 87.4 Å². The third-order valence-electron chi connectivity index (χ3n) is 5.66. The topological polar surface area (TPSA) is 77.8 Å². The number of amides is 1. The lowest BCUT2D eigenvalue weighted by molar-refractivity contribution is -0.112. The molecule has 0 fully saturated rings. The van der Waals surface area contributed by atoms with E-state index in [1.807, 2.05) is 43.3 Å². The van der Waals surface area contributed by atoms with E-state index in [2.05, 4.69) is 13.8 Å². The minimum atomic E-state index is -1.24. The Labute approximate surface area is 191 Å². The Bertz CT molecular complexity index is 1290. The average molecular weight is 448 g/mol. The molecule has 0 unspecified atom stereocenters. The highest BCUT2D eigenvalue weighted by atomic mass is 35.5. The van der Waals surface area contributed by atoms with Gasteiger partial charge in [0.1, 0.15) is 11.3 Å². The standard InChI is InChI=1S/C26H22ClNO4/c1-14(2)17-7-5-8-21(27)19(17)13-20-24-15(3)6-4-9-22(24)28(25(20)30)16-10-11-18(26(31)32)23(29)12-16/h4-14,29H,1-3H3,(H,31,32)/b20-13-. The predicted octanol–water partition coefficient (Wildman–Crippen LogP) is 6.39. The fraction of sp³-hybridized carbons (Fsp3) is 0.154. The van der Waals surface area contributed by atoms with Gasteiger partial charge in [0, 0.05) is 16.7 Å². The van der Waals surface area contributed by atoms with Gasteiger partial charge in [0.05, 0.1) is 16.9 Å². The smallest absolute Gasteiger partial charge is 0.339 e. The normalized spacial score (nSPS) is 14.3. The van der Waals surface area contributed by atoms with E-state index >= 15 is 0 Å². The summed E-state index contributed by atoms with van der Waals surface area (Å²) >= 11 is 6.53. The molecule has 0 bridgehead atoms. The van der Waals surface area contributed by atoms with E-state index in [-0.39, 0.29) is 17.4 Å². The highest BCUT2D eigenvalue weighted by Crippen LogP contribution is 2.45. The van der Waals surface area contributed by atoms with Crippen LogP contribution in [0.4, 0.5) is 11.4 Å². The zero-order valence-electron chi connectivity index (χ0n) is 17.9. The van der Waals surface area contributed by atoms with Crippen LogP contribution in [0, 0.1) is 6.92 Å². The number of hydrogen-bond donors (Lipinski definition) is 2. The number of rotatable bonds is 4. The molecule has 1 aliphatic heterocycles. The molecule has 4 rings (SSSR count). The summed E-state index contributed by atoms with van der Waals surface area (Å²) in [6, 6.07) is 15.4. The zero-order chi connectivity index (χ0) is 23.2. The first-order valence-electron chi connectivity index (χ1n) is 10.2. The van der Waals surface area contributed by atoms with Gasteiger partial charge in [0.25, 0.3) is 5.91 Å². The number of anilines is 2. The molecular formula is C26H22ClNO4. The van der Waals surface area contributed by atoms with Crippen molar-refractivity contribution in [3.63, 3.8) is 0 Å². The molecule has 0 saturated heterocycles. The first kappa shape index (κ1) is 21.7. The van der Waals surface area contributed by atoms with Gasteiger partial charge in [0.15, 0.2) is 0 Å². The maximum Gasteiger partial charge on any atom is 0.339 e. The summed E-state index contributed by atoms with van der Waals surface area (Å²) in [4.78, 5) is 26.4. The monoisotopic (exact) mass is 447 g/mol. The molecule has 1 heterocycles. The molecule has 1 amide bonds. The second-order valence-corrected chi connectivity index (χ2v) is 8.48. The SMILES string of the molecule is Cc1cccc2c1/C(=C/c1c(Cl)cccc1C(C)C)C(=O)N2c1ccc(C(=O)O)c(O)c1. The second kappa shape index (κ2) is 8.17. The Balaban J connectivity index is 1.93. The summed E-state index contributed by atoms with van der Waals surface area (Å²) in [6.45, 7) is 6.08. The zero-order valence-corrected chi connectivity index (χ0v) is 18.6. The van der Waals surface area contributed by atoms with E-state index in [1.165, 1.54) is 23.1 Å².